The lowest BCUT2D eigenvalue weighted by atomic mass is 9.83. The van der Waals surface area contributed by atoms with E-state index in [0.717, 1.165) is 0 Å². The van der Waals surface area contributed by atoms with Crippen LogP contribution in [0.25, 0.3) is 0 Å². The molecule has 4 heteroatoms. The molecule has 0 unspecified atom stereocenters. The van der Waals surface area contributed by atoms with Gasteiger partial charge in [0.15, 0.2) is 0 Å². The Balaban J connectivity index is 5.70. The topological polar surface area (TPSA) is 52.6 Å². The Morgan fingerprint density at radius 1 is 0.792 bits per heavy atom. The van der Waals surface area contributed by atoms with Crippen molar-refractivity contribution >= 4 is 11.9 Å². The van der Waals surface area contributed by atoms with E-state index in [0.29, 0.717) is 30.8 Å². The highest BCUT2D eigenvalue weighted by Gasteiger charge is 2.29. The second-order valence-corrected chi connectivity index (χ2v) is 8.77. The maximum Gasteiger partial charge on any atom is 0.334 e. The first-order chi connectivity index (χ1) is 10.8. The van der Waals surface area contributed by atoms with Crippen molar-refractivity contribution in [3.8, 4) is 0 Å². The van der Waals surface area contributed by atoms with Crippen LogP contribution in [-0.4, -0.2) is 25.2 Å². The molecule has 4 nitrogen and oxygen atoms in total. The molecule has 0 aromatic carbocycles. The van der Waals surface area contributed by atoms with E-state index in [1.54, 1.807) is 0 Å². The lowest BCUT2D eigenvalue weighted by molar-refractivity contribution is -0.144. The van der Waals surface area contributed by atoms with E-state index in [-0.39, 0.29) is 23.2 Å². The maximum atomic E-state index is 12.6. The maximum absolute atomic E-state index is 12.6. The number of hydrogen-bond donors (Lipinski definition) is 0. The van der Waals surface area contributed by atoms with Crippen LogP contribution in [0.1, 0.15) is 68.7 Å². The molecule has 0 spiro atoms. The smallest absolute Gasteiger partial charge is 0.334 e. The van der Waals surface area contributed by atoms with Crippen molar-refractivity contribution < 1.29 is 19.1 Å². The Bertz CT molecular complexity index is 451. The molecule has 0 aliphatic rings. The first-order valence-electron chi connectivity index (χ1n) is 8.92. The highest BCUT2D eigenvalue weighted by atomic mass is 16.5. The molecule has 24 heavy (non-hydrogen) atoms. The third kappa shape index (κ3) is 9.09. The van der Waals surface area contributed by atoms with Crippen LogP contribution >= 0.6 is 0 Å². The zero-order chi connectivity index (χ0) is 19.1. The summed E-state index contributed by atoms with van der Waals surface area (Å²) in [6.07, 6.45) is 0.480. The Kier molecular flexibility index (Phi) is 9.31. The van der Waals surface area contributed by atoms with E-state index >= 15 is 0 Å². The number of ether oxygens (including phenoxy) is 2. The molecule has 0 aromatic rings. The van der Waals surface area contributed by atoms with E-state index in [4.69, 9.17) is 9.47 Å². The summed E-state index contributed by atoms with van der Waals surface area (Å²) >= 11 is 0. The first kappa shape index (κ1) is 22.7. The van der Waals surface area contributed by atoms with Gasteiger partial charge in [-0.15, -0.1) is 0 Å². The van der Waals surface area contributed by atoms with Gasteiger partial charge in [0.2, 0.25) is 0 Å². The third-order valence-corrected chi connectivity index (χ3v) is 3.17. The molecule has 0 atom stereocenters. The van der Waals surface area contributed by atoms with E-state index < -0.39 is 11.9 Å². The van der Waals surface area contributed by atoms with Crippen molar-refractivity contribution in [2.45, 2.75) is 68.7 Å². The minimum Gasteiger partial charge on any atom is -0.462 e. The number of rotatable bonds is 8. The van der Waals surface area contributed by atoms with Crippen molar-refractivity contribution in [1.82, 2.24) is 0 Å². The van der Waals surface area contributed by atoms with Crippen LogP contribution in [0.15, 0.2) is 11.1 Å². The van der Waals surface area contributed by atoms with Crippen LogP contribution in [-0.2, 0) is 19.1 Å². The first-order valence-corrected chi connectivity index (χ1v) is 8.92. The summed E-state index contributed by atoms with van der Waals surface area (Å²) < 4.78 is 10.8. The Morgan fingerprint density at radius 2 is 1.21 bits per heavy atom. The monoisotopic (exact) mass is 340 g/mol. The minimum atomic E-state index is -0.403. The molecular weight excluding hydrogens is 304 g/mol. The quantitative estimate of drug-likeness (QED) is 0.471. The summed E-state index contributed by atoms with van der Waals surface area (Å²) in [5.41, 5.74) is 0.760. The van der Waals surface area contributed by atoms with Gasteiger partial charge in [0.1, 0.15) is 0 Å². The van der Waals surface area contributed by atoms with Gasteiger partial charge < -0.3 is 9.47 Å². The molecule has 0 amide bonds. The Morgan fingerprint density at radius 3 is 1.54 bits per heavy atom. The summed E-state index contributed by atoms with van der Waals surface area (Å²) in [6.45, 7) is 18.6. The van der Waals surface area contributed by atoms with E-state index in [9.17, 15) is 9.59 Å². The molecule has 0 heterocycles. The summed E-state index contributed by atoms with van der Waals surface area (Å²) in [5, 5.41) is 0. The molecule has 140 valence electrons. The summed E-state index contributed by atoms with van der Waals surface area (Å²) in [5.74, 6) is -0.404. The van der Waals surface area contributed by atoms with Gasteiger partial charge in [0.05, 0.1) is 18.8 Å². The predicted octanol–water partition coefficient (Wildman–Crippen LogP) is 4.77. The summed E-state index contributed by atoms with van der Waals surface area (Å²) in [6, 6.07) is 0. The molecule has 0 rings (SSSR count). The molecule has 0 N–H and O–H groups in total. The number of hydrogen-bond acceptors (Lipinski definition) is 4. The second-order valence-electron chi connectivity index (χ2n) is 8.77. The van der Waals surface area contributed by atoms with Gasteiger partial charge in [-0.1, -0.05) is 62.3 Å². The van der Waals surface area contributed by atoms with Crippen molar-refractivity contribution in [3.63, 3.8) is 0 Å². The molecule has 0 saturated heterocycles. The summed E-state index contributed by atoms with van der Waals surface area (Å²) in [7, 11) is 0. The molecule has 0 bridgehead atoms. The van der Waals surface area contributed by atoms with Gasteiger partial charge in [0.25, 0.3) is 0 Å². The van der Waals surface area contributed by atoms with Gasteiger partial charge >= 0.3 is 11.9 Å². The highest BCUT2D eigenvalue weighted by molar-refractivity contribution is 6.00. The van der Waals surface area contributed by atoms with Gasteiger partial charge in [-0.25, -0.2) is 9.59 Å². The van der Waals surface area contributed by atoms with Crippen molar-refractivity contribution in [1.29, 1.82) is 0 Å². The molecule has 0 saturated carbocycles. The molecule has 0 fully saturated rings. The van der Waals surface area contributed by atoms with Crippen LogP contribution in [0.3, 0.4) is 0 Å². The highest BCUT2D eigenvalue weighted by Crippen LogP contribution is 2.30. The van der Waals surface area contributed by atoms with Crippen LogP contribution < -0.4 is 0 Å². The fourth-order valence-corrected chi connectivity index (χ4v) is 2.16. The van der Waals surface area contributed by atoms with Crippen LogP contribution in [0.4, 0.5) is 0 Å². The Labute approximate surface area is 148 Å². The van der Waals surface area contributed by atoms with Crippen molar-refractivity contribution in [3.05, 3.63) is 11.1 Å². The van der Waals surface area contributed by atoms with Crippen molar-refractivity contribution in [2.75, 3.05) is 13.2 Å². The van der Waals surface area contributed by atoms with Gasteiger partial charge in [0, 0.05) is 5.57 Å². The second kappa shape index (κ2) is 9.85. The largest absolute Gasteiger partial charge is 0.462 e. The van der Waals surface area contributed by atoms with Crippen LogP contribution in [0.5, 0.6) is 0 Å². The minimum absolute atomic E-state index is 0.103. The van der Waals surface area contributed by atoms with Gasteiger partial charge in [-0.3, -0.25) is 0 Å². The van der Waals surface area contributed by atoms with E-state index in [2.05, 4.69) is 0 Å². The van der Waals surface area contributed by atoms with Gasteiger partial charge in [-0.05, 0) is 29.6 Å². The van der Waals surface area contributed by atoms with E-state index in [1.165, 1.54) is 0 Å². The molecule has 0 aromatic heterocycles. The molecule has 0 aliphatic carbocycles. The van der Waals surface area contributed by atoms with E-state index in [1.807, 2.05) is 62.3 Å². The standard InChI is InChI=1S/C20H36O4/c1-13(2)11-23-18(21)16(10-20(7,8)9)17(15(5)6)19(22)24-12-14(3)4/h13-15H,10-12H2,1-9H3. The Hall–Kier alpha value is -1.32. The molecule has 0 aliphatic heterocycles. The van der Waals surface area contributed by atoms with Crippen molar-refractivity contribution in [2.24, 2.45) is 23.2 Å². The van der Waals surface area contributed by atoms with Crippen LogP contribution in [0, 0.1) is 23.2 Å². The zero-order valence-electron chi connectivity index (χ0n) is 17.0. The third-order valence-electron chi connectivity index (χ3n) is 3.17. The van der Waals surface area contributed by atoms with Crippen LogP contribution in [0.2, 0.25) is 0 Å². The number of carbonyl (C=O) groups excluding carboxylic acids is 2. The fourth-order valence-electron chi connectivity index (χ4n) is 2.16. The number of carbonyl (C=O) groups is 2. The average molecular weight is 341 g/mol. The lowest BCUT2D eigenvalue weighted by Gasteiger charge is -2.24. The number of esters is 2. The SMILES string of the molecule is CC(C)COC(=O)C(CC(C)(C)C)=C(C(=O)OCC(C)C)C(C)C. The average Bonchev–Trinajstić information content (AvgIpc) is 2.39. The zero-order valence-corrected chi connectivity index (χ0v) is 17.0. The fraction of sp³-hybridized carbons (Fsp3) is 0.800. The van der Waals surface area contributed by atoms with Gasteiger partial charge in [-0.2, -0.15) is 0 Å². The lowest BCUT2D eigenvalue weighted by Crippen LogP contribution is -2.24. The predicted molar refractivity (Wildman–Crippen MR) is 97.5 cm³/mol. The molecular formula is C20H36O4. The normalized spacial score (nSPS) is 13.3. The molecule has 0 radical (unpaired) electrons. The summed E-state index contributed by atoms with van der Waals surface area (Å²) in [4.78, 5) is 25.2.